The highest BCUT2D eigenvalue weighted by Gasteiger charge is 2.47. The molecule has 0 bridgehead atoms. The quantitative estimate of drug-likeness (QED) is 0.877. The first-order chi connectivity index (χ1) is 9.99. The van der Waals surface area contributed by atoms with Crippen molar-refractivity contribution in [1.29, 1.82) is 0 Å². The lowest BCUT2D eigenvalue weighted by Crippen LogP contribution is -2.52. The molecule has 1 aromatic carbocycles. The van der Waals surface area contributed by atoms with Crippen LogP contribution >= 0.6 is 0 Å². The molecule has 0 atom stereocenters. The molecule has 1 saturated carbocycles. The molecule has 0 aliphatic heterocycles. The molecule has 0 spiro atoms. The summed E-state index contributed by atoms with van der Waals surface area (Å²) in [6.45, 7) is 2.00. The van der Waals surface area contributed by atoms with Crippen molar-refractivity contribution >= 4 is 11.9 Å². The van der Waals surface area contributed by atoms with Gasteiger partial charge in [-0.25, -0.2) is 4.39 Å². The molecule has 0 unspecified atom stereocenters. The highest BCUT2D eigenvalue weighted by molar-refractivity contribution is 5.91. The molecule has 1 amide bonds. The fourth-order valence-corrected chi connectivity index (χ4v) is 2.93. The Morgan fingerprint density at radius 3 is 2.57 bits per heavy atom. The average molecular weight is 293 g/mol. The Balaban J connectivity index is 2.30. The van der Waals surface area contributed by atoms with E-state index < -0.39 is 11.4 Å². The second-order valence-corrected chi connectivity index (χ2v) is 5.57. The molecule has 0 radical (unpaired) electrons. The van der Waals surface area contributed by atoms with Crippen molar-refractivity contribution in [1.82, 2.24) is 4.90 Å². The van der Waals surface area contributed by atoms with E-state index in [0.717, 1.165) is 6.42 Å². The lowest BCUT2D eigenvalue weighted by atomic mass is 9.63. The summed E-state index contributed by atoms with van der Waals surface area (Å²) in [5.74, 6) is -1.58. The average Bonchev–Trinajstić information content (AvgIpc) is 2.36. The van der Waals surface area contributed by atoms with Crippen LogP contribution in [0.5, 0.6) is 0 Å². The Hall–Kier alpha value is -1.91. The van der Waals surface area contributed by atoms with Gasteiger partial charge in [-0.15, -0.1) is 0 Å². The molecule has 1 aliphatic rings. The largest absolute Gasteiger partial charge is 0.480 e. The van der Waals surface area contributed by atoms with E-state index in [-0.39, 0.29) is 18.3 Å². The van der Waals surface area contributed by atoms with Crippen LogP contribution in [0.15, 0.2) is 24.3 Å². The second-order valence-electron chi connectivity index (χ2n) is 5.57. The van der Waals surface area contributed by atoms with E-state index in [9.17, 15) is 14.0 Å². The topological polar surface area (TPSA) is 57.6 Å². The van der Waals surface area contributed by atoms with E-state index in [1.165, 1.54) is 17.0 Å². The predicted octanol–water partition coefficient (Wildman–Crippen LogP) is 2.57. The lowest BCUT2D eigenvalue weighted by molar-refractivity contribution is -0.149. The summed E-state index contributed by atoms with van der Waals surface area (Å²) < 4.78 is 13.5. The van der Waals surface area contributed by atoms with E-state index in [1.54, 1.807) is 12.1 Å². The Bertz CT molecular complexity index is 540. The fraction of sp³-hybridized carbons (Fsp3) is 0.500. The molecule has 114 valence electrons. The van der Waals surface area contributed by atoms with E-state index in [0.29, 0.717) is 31.4 Å². The van der Waals surface area contributed by atoms with Crippen LogP contribution in [-0.4, -0.2) is 35.0 Å². The molecule has 21 heavy (non-hydrogen) atoms. The van der Waals surface area contributed by atoms with Crippen LogP contribution in [0, 0.1) is 5.82 Å². The zero-order chi connectivity index (χ0) is 15.5. The van der Waals surface area contributed by atoms with Gasteiger partial charge in [0.15, 0.2) is 0 Å². The number of hydrogen-bond donors (Lipinski definition) is 1. The van der Waals surface area contributed by atoms with E-state index in [4.69, 9.17) is 5.11 Å². The van der Waals surface area contributed by atoms with Gasteiger partial charge in [-0.2, -0.15) is 0 Å². The monoisotopic (exact) mass is 293 g/mol. The van der Waals surface area contributed by atoms with Crippen molar-refractivity contribution in [3.8, 4) is 0 Å². The molecule has 1 fully saturated rings. The Kier molecular flexibility index (Phi) is 4.60. The second kappa shape index (κ2) is 6.24. The van der Waals surface area contributed by atoms with Gasteiger partial charge in [0.1, 0.15) is 12.4 Å². The standard InChI is InChI=1S/C16H20FNO3/c1-2-9-18(11-14(19)20)15(21)16(7-4-8-16)12-5-3-6-13(17)10-12/h3,5-6,10H,2,4,7-9,11H2,1H3,(H,19,20). The SMILES string of the molecule is CCCN(CC(=O)O)C(=O)C1(c2cccc(F)c2)CCC1. The smallest absolute Gasteiger partial charge is 0.323 e. The maximum absolute atomic E-state index is 13.5. The number of carbonyl (C=O) groups excluding carboxylic acids is 1. The minimum absolute atomic E-state index is 0.191. The number of carboxylic acids is 1. The zero-order valence-electron chi connectivity index (χ0n) is 12.1. The van der Waals surface area contributed by atoms with Crippen molar-refractivity contribution in [2.75, 3.05) is 13.1 Å². The van der Waals surface area contributed by atoms with Crippen LogP contribution in [0.2, 0.25) is 0 Å². The zero-order valence-corrected chi connectivity index (χ0v) is 12.1. The summed E-state index contributed by atoms with van der Waals surface area (Å²) >= 11 is 0. The van der Waals surface area contributed by atoms with Crippen molar-refractivity contribution in [3.05, 3.63) is 35.6 Å². The number of rotatable bonds is 6. The Morgan fingerprint density at radius 1 is 1.38 bits per heavy atom. The van der Waals surface area contributed by atoms with Crippen molar-refractivity contribution in [2.24, 2.45) is 0 Å². The fourth-order valence-electron chi connectivity index (χ4n) is 2.93. The van der Waals surface area contributed by atoms with Gasteiger partial charge in [0.05, 0.1) is 5.41 Å². The van der Waals surface area contributed by atoms with Crippen LogP contribution in [0.1, 0.15) is 38.2 Å². The predicted molar refractivity (Wildman–Crippen MR) is 76.4 cm³/mol. The van der Waals surface area contributed by atoms with Gasteiger partial charge in [-0.1, -0.05) is 25.5 Å². The van der Waals surface area contributed by atoms with Crippen molar-refractivity contribution in [3.63, 3.8) is 0 Å². The summed E-state index contributed by atoms with van der Waals surface area (Å²) in [6, 6.07) is 6.09. The van der Waals surface area contributed by atoms with Gasteiger partial charge >= 0.3 is 5.97 Å². The summed E-state index contributed by atoms with van der Waals surface area (Å²) in [5.41, 5.74) is -0.0857. The van der Waals surface area contributed by atoms with Gasteiger partial charge in [0.25, 0.3) is 0 Å². The lowest BCUT2D eigenvalue weighted by Gasteiger charge is -2.43. The Morgan fingerprint density at radius 2 is 2.10 bits per heavy atom. The molecular formula is C16H20FNO3. The third-order valence-electron chi connectivity index (χ3n) is 4.10. The molecule has 0 heterocycles. The first-order valence-corrected chi connectivity index (χ1v) is 7.27. The van der Waals surface area contributed by atoms with Crippen LogP contribution in [0.4, 0.5) is 4.39 Å². The molecule has 2 rings (SSSR count). The number of amides is 1. The maximum atomic E-state index is 13.5. The molecule has 0 saturated heterocycles. The van der Waals surface area contributed by atoms with Gasteiger partial charge in [-0.05, 0) is 37.0 Å². The molecule has 4 nitrogen and oxygen atoms in total. The van der Waals surface area contributed by atoms with Gasteiger partial charge in [0.2, 0.25) is 5.91 Å². The first kappa shape index (κ1) is 15.5. The minimum Gasteiger partial charge on any atom is -0.480 e. The van der Waals surface area contributed by atoms with Crippen LogP contribution in [0.25, 0.3) is 0 Å². The summed E-state index contributed by atoms with van der Waals surface area (Å²) in [4.78, 5) is 25.2. The molecule has 1 aromatic rings. The minimum atomic E-state index is -1.02. The highest BCUT2D eigenvalue weighted by atomic mass is 19.1. The van der Waals surface area contributed by atoms with Crippen LogP contribution < -0.4 is 0 Å². The molecule has 1 N–H and O–H groups in total. The molecule has 1 aliphatic carbocycles. The van der Waals surface area contributed by atoms with Crippen LogP contribution in [0.3, 0.4) is 0 Å². The van der Waals surface area contributed by atoms with E-state index in [1.807, 2.05) is 6.92 Å². The number of nitrogens with zero attached hydrogens (tertiary/aromatic N) is 1. The van der Waals surface area contributed by atoms with Gasteiger partial charge < -0.3 is 10.0 Å². The van der Waals surface area contributed by atoms with Crippen molar-refractivity contribution in [2.45, 2.75) is 38.0 Å². The third kappa shape index (κ3) is 3.06. The maximum Gasteiger partial charge on any atom is 0.323 e. The first-order valence-electron chi connectivity index (χ1n) is 7.27. The number of aliphatic carboxylic acids is 1. The van der Waals surface area contributed by atoms with Gasteiger partial charge in [-0.3, -0.25) is 9.59 Å². The number of benzene rings is 1. The van der Waals surface area contributed by atoms with Crippen LogP contribution in [-0.2, 0) is 15.0 Å². The summed E-state index contributed by atoms with van der Waals surface area (Å²) in [6.07, 6.45) is 2.89. The number of halogens is 1. The number of hydrogen-bond acceptors (Lipinski definition) is 2. The number of carbonyl (C=O) groups is 2. The number of carboxylic acid groups (broad SMARTS) is 1. The normalized spacial score (nSPS) is 16.1. The summed E-state index contributed by atoms with van der Waals surface area (Å²) in [7, 11) is 0. The highest BCUT2D eigenvalue weighted by Crippen LogP contribution is 2.45. The van der Waals surface area contributed by atoms with Crippen molar-refractivity contribution < 1.29 is 19.1 Å². The van der Waals surface area contributed by atoms with E-state index >= 15 is 0 Å². The molecular weight excluding hydrogens is 273 g/mol. The summed E-state index contributed by atoms with van der Waals surface area (Å²) in [5, 5.41) is 8.98. The Labute approximate surface area is 123 Å². The van der Waals surface area contributed by atoms with Gasteiger partial charge in [0, 0.05) is 6.54 Å². The van der Waals surface area contributed by atoms with E-state index in [2.05, 4.69) is 0 Å². The third-order valence-corrected chi connectivity index (χ3v) is 4.10. The molecule has 0 aromatic heterocycles. The molecule has 5 heteroatoms.